The van der Waals surface area contributed by atoms with Crippen molar-refractivity contribution in [1.82, 2.24) is 15.1 Å². The van der Waals surface area contributed by atoms with E-state index in [1.807, 2.05) is 30.3 Å². The molecular weight excluding hydrogens is 472 g/mol. The van der Waals surface area contributed by atoms with E-state index in [0.717, 1.165) is 23.7 Å². The van der Waals surface area contributed by atoms with Crippen LogP contribution in [0.4, 0.5) is 20.2 Å². The van der Waals surface area contributed by atoms with Crippen molar-refractivity contribution in [3.8, 4) is 5.69 Å². The second-order valence-electron chi connectivity index (χ2n) is 9.22. The van der Waals surface area contributed by atoms with E-state index < -0.39 is 17.5 Å². The predicted molar refractivity (Wildman–Crippen MR) is 138 cm³/mol. The van der Waals surface area contributed by atoms with Crippen molar-refractivity contribution < 1.29 is 13.6 Å². The summed E-state index contributed by atoms with van der Waals surface area (Å²) in [6.07, 6.45) is 2.41. The van der Waals surface area contributed by atoms with E-state index in [1.165, 1.54) is 35.7 Å². The number of carbonyl (C=O) groups is 1. The van der Waals surface area contributed by atoms with Gasteiger partial charge >= 0.3 is 0 Å². The van der Waals surface area contributed by atoms with Crippen LogP contribution in [0, 0.1) is 31.0 Å². The van der Waals surface area contributed by atoms with Crippen molar-refractivity contribution >= 4 is 17.3 Å². The highest BCUT2D eigenvalue weighted by molar-refractivity contribution is 6.03. The number of carbonyl (C=O) groups excluding carboxylic acids is 1. The molecule has 1 unspecified atom stereocenters. The molecule has 1 fully saturated rings. The van der Waals surface area contributed by atoms with Crippen LogP contribution < -0.4 is 10.6 Å². The van der Waals surface area contributed by atoms with Gasteiger partial charge in [0.1, 0.15) is 17.3 Å². The molecule has 0 spiro atoms. The molecule has 0 radical (unpaired) electrons. The van der Waals surface area contributed by atoms with Gasteiger partial charge in [-0.3, -0.25) is 4.79 Å². The van der Waals surface area contributed by atoms with Gasteiger partial charge in [-0.25, -0.2) is 18.3 Å². The number of aromatic nitrogens is 2. The van der Waals surface area contributed by atoms with Gasteiger partial charge in [0.25, 0.3) is 5.91 Å². The molecule has 1 amide bonds. The lowest BCUT2D eigenvalue weighted by Crippen LogP contribution is -2.25. The zero-order valence-corrected chi connectivity index (χ0v) is 20.2. The fraction of sp³-hybridized carbons (Fsp3) is 0.207. The summed E-state index contributed by atoms with van der Waals surface area (Å²) in [4.78, 5) is 16.5. The molecule has 1 aliphatic rings. The molecule has 186 valence electrons. The van der Waals surface area contributed by atoms with Crippen molar-refractivity contribution in [3.05, 3.63) is 118 Å². The Balaban J connectivity index is 1.45. The number of halogens is 2. The van der Waals surface area contributed by atoms with E-state index in [-0.39, 0.29) is 23.1 Å². The zero-order chi connectivity index (χ0) is 25.9. The normalized spacial score (nSPS) is 13.7. The van der Waals surface area contributed by atoms with Gasteiger partial charge in [0.2, 0.25) is 5.69 Å². The molecule has 1 heterocycles. The minimum atomic E-state index is -0.657. The molecule has 5 rings (SSSR count). The Kier molecular flexibility index (Phi) is 6.80. The summed E-state index contributed by atoms with van der Waals surface area (Å²) in [6, 6.07) is 20.0. The summed E-state index contributed by atoms with van der Waals surface area (Å²) in [5.74, 6) is -1.14. The van der Waals surface area contributed by atoms with Crippen LogP contribution >= 0.6 is 0 Å². The third-order valence-electron chi connectivity index (χ3n) is 6.37. The lowest BCUT2D eigenvalue weighted by Gasteiger charge is -2.21. The molecule has 1 atom stereocenters. The number of nitrogens with zero attached hydrogens (tertiary/aromatic N) is 3. The molecule has 6 nitrogen and oxygen atoms in total. The lowest BCUT2D eigenvalue weighted by atomic mass is 9.97. The van der Waals surface area contributed by atoms with Gasteiger partial charge in [-0.05, 0) is 79.8 Å². The summed E-state index contributed by atoms with van der Waals surface area (Å²) < 4.78 is 30.0. The van der Waals surface area contributed by atoms with Crippen LogP contribution in [-0.2, 0) is 0 Å². The molecular formula is C29H25F2N5O. The zero-order valence-electron chi connectivity index (χ0n) is 20.2. The number of amides is 1. The summed E-state index contributed by atoms with van der Waals surface area (Å²) in [7, 11) is 0. The van der Waals surface area contributed by atoms with Crippen LogP contribution in [0.1, 0.15) is 46.2 Å². The predicted octanol–water partition coefficient (Wildman–Crippen LogP) is 6.35. The van der Waals surface area contributed by atoms with Gasteiger partial charge in [0, 0.05) is 0 Å². The van der Waals surface area contributed by atoms with Crippen LogP contribution in [0.15, 0.2) is 72.8 Å². The number of rotatable bonds is 8. The van der Waals surface area contributed by atoms with Crippen molar-refractivity contribution in [3.63, 3.8) is 0 Å². The minimum Gasteiger partial charge on any atom is -0.318 e. The number of hydrogen-bond donors (Lipinski definition) is 2. The number of hydrogen-bond acceptors (Lipinski definition) is 3. The van der Waals surface area contributed by atoms with Crippen LogP contribution in [-0.4, -0.2) is 22.2 Å². The first-order valence-electron chi connectivity index (χ1n) is 12.1. The average Bonchev–Trinajstić information content (AvgIpc) is 3.65. The number of anilines is 1. The Bertz CT molecular complexity index is 1490. The van der Waals surface area contributed by atoms with Crippen molar-refractivity contribution in [2.75, 3.05) is 11.9 Å². The van der Waals surface area contributed by atoms with E-state index in [0.29, 0.717) is 17.3 Å². The minimum absolute atomic E-state index is 0.0445. The first-order valence-corrected chi connectivity index (χ1v) is 12.1. The lowest BCUT2D eigenvalue weighted by molar-refractivity contribution is 0.101. The maximum Gasteiger partial charge on any atom is 0.274 e. The van der Waals surface area contributed by atoms with Gasteiger partial charge in [-0.2, -0.15) is 5.10 Å². The van der Waals surface area contributed by atoms with E-state index >= 15 is 0 Å². The Labute approximate surface area is 213 Å². The molecule has 8 heteroatoms. The number of aryl methyl sites for hydroxylation is 1. The molecule has 1 aliphatic carbocycles. The van der Waals surface area contributed by atoms with Crippen LogP contribution in [0.3, 0.4) is 0 Å². The third-order valence-corrected chi connectivity index (χ3v) is 6.37. The molecule has 1 aromatic heterocycles. The highest BCUT2D eigenvalue weighted by Gasteiger charge is 2.24. The van der Waals surface area contributed by atoms with Crippen LogP contribution in [0.5, 0.6) is 0 Å². The molecule has 4 aromatic rings. The van der Waals surface area contributed by atoms with E-state index in [9.17, 15) is 13.6 Å². The van der Waals surface area contributed by atoms with Gasteiger partial charge in [-0.15, -0.1) is 0 Å². The Morgan fingerprint density at radius 3 is 2.54 bits per heavy atom. The smallest absolute Gasteiger partial charge is 0.274 e. The second kappa shape index (κ2) is 10.3. The highest BCUT2D eigenvalue weighted by Crippen LogP contribution is 2.31. The summed E-state index contributed by atoms with van der Waals surface area (Å²) in [5, 5.41) is 10.6. The van der Waals surface area contributed by atoms with Crippen LogP contribution in [0.2, 0.25) is 0 Å². The summed E-state index contributed by atoms with van der Waals surface area (Å²) in [5.41, 5.74) is 2.77. The van der Waals surface area contributed by atoms with E-state index in [1.54, 1.807) is 25.1 Å². The molecule has 1 saturated carbocycles. The first kappa shape index (κ1) is 24.3. The second-order valence-corrected chi connectivity index (χ2v) is 9.22. The summed E-state index contributed by atoms with van der Waals surface area (Å²) >= 11 is 0. The molecule has 2 N–H and O–H groups in total. The Morgan fingerprint density at radius 1 is 1.05 bits per heavy atom. The maximum absolute atomic E-state index is 14.9. The van der Waals surface area contributed by atoms with Crippen molar-refractivity contribution in [2.24, 2.45) is 5.92 Å². The average molecular weight is 498 g/mol. The third kappa shape index (κ3) is 5.42. The largest absolute Gasteiger partial charge is 0.318 e. The van der Waals surface area contributed by atoms with Crippen molar-refractivity contribution in [1.29, 1.82) is 0 Å². The maximum atomic E-state index is 14.9. The Morgan fingerprint density at radius 2 is 1.81 bits per heavy atom. The number of nitrogens with one attached hydrogen (secondary N) is 2. The standard InChI is InChI=1S/C29H25F2N5O/c1-18-14-27(36(35-18)22-11-13-23(30)25(16-22)32-2)29(37)34-26-15-21(10-12-24(26)31)28(33-17-19-8-9-19)20-6-4-3-5-7-20/h3-7,10-16,19,28,33H,8-9,17H2,1H3,(H,34,37). The molecule has 3 aromatic carbocycles. The quantitative estimate of drug-likeness (QED) is 0.279. The van der Waals surface area contributed by atoms with E-state index in [2.05, 4.69) is 20.6 Å². The topological polar surface area (TPSA) is 63.3 Å². The molecule has 0 saturated heterocycles. The van der Waals surface area contributed by atoms with Crippen molar-refractivity contribution in [2.45, 2.75) is 25.8 Å². The first-order chi connectivity index (χ1) is 17.9. The van der Waals surface area contributed by atoms with Gasteiger partial charge in [0.15, 0.2) is 0 Å². The van der Waals surface area contributed by atoms with Gasteiger partial charge < -0.3 is 10.6 Å². The summed E-state index contributed by atoms with van der Waals surface area (Å²) in [6.45, 7) is 9.74. The monoisotopic (exact) mass is 497 g/mol. The molecule has 0 bridgehead atoms. The fourth-order valence-corrected chi connectivity index (χ4v) is 4.26. The fourth-order valence-electron chi connectivity index (χ4n) is 4.26. The number of benzene rings is 3. The van der Waals surface area contributed by atoms with Crippen LogP contribution in [0.25, 0.3) is 10.5 Å². The van der Waals surface area contributed by atoms with Gasteiger partial charge in [-0.1, -0.05) is 36.4 Å². The van der Waals surface area contributed by atoms with Gasteiger partial charge in [0.05, 0.1) is 29.7 Å². The highest BCUT2D eigenvalue weighted by atomic mass is 19.1. The molecule has 0 aliphatic heterocycles. The SMILES string of the molecule is [C-]#[N+]c1cc(-n2nc(C)cc2C(=O)Nc2cc(C(NCC3CC3)c3ccccc3)ccc2F)ccc1F. The Hall–Kier alpha value is -4.35. The van der Waals surface area contributed by atoms with E-state index in [4.69, 9.17) is 6.57 Å². The molecule has 37 heavy (non-hydrogen) atoms.